The number of aryl methyl sites for hydroxylation is 1. The van der Waals surface area contributed by atoms with Gasteiger partial charge in [-0.3, -0.25) is 9.36 Å². The number of fused-ring (bicyclic) bond motifs is 1. The average molecular weight is 656 g/mol. The molecule has 0 saturated carbocycles. The Bertz CT molecular complexity index is 1700. The molecule has 1 aliphatic heterocycles. The quantitative estimate of drug-likeness (QED) is 0.100. The van der Waals surface area contributed by atoms with E-state index in [4.69, 9.17) is 39.6 Å². The minimum absolute atomic E-state index is 0.00175. The molecule has 5 rings (SSSR count). The third-order valence-electron chi connectivity index (χ3n) is 8.53. The fourth-order valence-corrected chi connectivity index (χ4v) is 6.93. The van der Waals surface area contributed by atoms with Gasteiger partial charge in [-0.15, -0.1) is 0 Å². The maximum Gasteiger partial charge on any atom is 0.326 e. The number of aromatic nitrogens is 2. The molecule has 1 N–H and O–H groups in total. The van der Waals surface area contributed by atoms with Crippen LogP contribution in [0.25, 0.3) is 11.0 Å². The first kappa shape index (κ1) is 32.3. The van der Waals surface area contributed by atoms with Crippen LogP contribution in [0.2, 0.25) is 15.1 Å². The zero-order valence-electron chi connectivity index (χ0n) is 25.2. The molecular weight excluding hydrogens is 619 g/mol. The standard InChI is InChI=1S/C34H37Cl3N4O3/c1-21-16-24(19-25(35)17-21)33(42)22(2)18-31(39-44-3)27(23-8-9-28(36)29(37)20-23)12-15-40-13-10-26(11-14-40)41-32-7-5-4-6-30(32)38-34(41)43/h4-9,16-17,19-20,22,26-27H,10-15,18H2,1-3H3,(H,38,43)/b39-31-. The van der Waals surface area contributed by atoms with Gasteiger partial charge in [0.15, 0.2) is 5.78 Å². The smallest absolute Gasteiger partial charge is 0.326 e. The predicted octanol–water partition coefficient (Wildman–Crippen LogP) is 8.32. The third kappa shape index (κ3) is 7.40. The molecule has 2 unspecified atom stereocenters. The Kier molecular flexibility index (Phi) is 10.5. The Hall–Kier alpha value is -3.10. The van der Waals surface area contributed by atoms with Crippen LogP contribution < -0.4 is 5.69 Å². The Balaban J connectivity index is 1.32. The van der Waals surface area contributed by atoms with Gasteiger partial charge in [0.05, 0.1) is 26.8 Å². The van der Waals surface area contributed by atoms with Crippen LogP contribution in [0.4, 0.5) is 0 Å². The first-order chi connectivity index (χ1) is 21.1. The molecule has 232 valence electrons. The number of Topliss-reactive ketones (excluding diaryl/α,β-unsaturated/α-hetero) is 1. The van der Waals surface area contributed by atoms with Crippen molar-refractivity contribution >= 4 is 57.3 Å². The van der Waals surface area contributed by atoms with Crippen molar-refractivity contribution in [3.63, 3.8) is 0 Å². The van der Waals surface area contributed by atoms with Gasteiger partial charge in [-0.1, -0.05) is 65.1 Å². The van der Waals surface area contributed by atoms with Crippen LogP contribution in [-0.2, 0) is 4.84 Å². The number of benzene rings is 3. The molecule has 0 bridgehead atoms. The monoisotopic (exact) mass is 654 g/mol. The summed E-state index contributed by atoms with van der Waals surface area (Å²) in [6.07, 6.45) is 2.91. The average Bonchev–Trinajstić information content (AvgIpc) is 3.34. The second kappa shape index (κ2) is 14.3. The van der Waals surface area contributed by atoms with Crippen LogP contribution in [0.3, 0.4) is 0 Å². The van der Waals surface area contributed by atoms with E-state index in [1.165, 1.54) is 7.11 Å². The molecule has 44 heavy (non-hydrogen) atoms. The summed E-state index contributed by atoms with van der Waals surface area (Å²) >= 11 is 19.0. The van der Waals surface area contributed by atoms with Crippen molar-refractivity contribution in [2.24, 2.45) is 11.1 Å². The maximum atomic E-state index is 13.5. The van der Waals surface area contributed by atoms with Gasteiger partial charge < -0.3 is 14.7 Å². The number of piperidine rings is 1. The molecule has 1 saturated heterocycles. The van der Waals surface area contributed by atoms with Crippen LogP contribution in [0, 0.1) is 12.8 Å². The van der Waals surface area contributed by atoms with Crippen LogP contribution in [0.15, 0.2) is 70.6 Å². The third-order valence-corrected chi connectivity index (χ3v) is 9.48. The van der Waals surface area contributed by atoms with Crippen LogP contribution in [0.5, 0.6) is 0 Å². The number of aromatic amines is 1. The predicted molar refractivity (Wildman–Crippen MR) is 180 cm³/mol. The van der Waals surface area contributed by atoms with E-state index in [1.54, 1.807) is 12.1 Å². The molecule has 2 atom stereocenters. The summed E-state index contributed by atoms with van der Waals surface area (Å²) in [5.74, 6) is -0.491. The van der Waals surface area contributed by atoms with E-state index < -0.39 is 0 Å². The lowest BCUT2D eigenvalue weighted by atomic mass is 9.84. The molecule has 10 heteroatoms. The number of ketones is 1. The fourth-order valence-electron chi connectivity index (χ4n) is 6.33. The Morgan fingerprint density at radius 2 is 1.80 bits per heavy atom. The number of halogens is 3. The molecule has 1 aromatic heterocycles. The molecule has 1 fully saturated rings. The number of nitrogens with one attached hydrogen (secondary N) is 1. The summed E-state index contributed by atoms with van der Waals surface area (Å²) in [5, 5.41) is 5.94. The highest BCUT2D eigenvalue weighted by atomic mass is 35.5. The summed E-state index contributed by atoms with van der Waals surface area (Å²) in [6, 6.07) is 19.0. The molecule has 0 radical (unpaired) electrons. The molecule has 0 spiro atoms. The molecule has 2 heterocycles. The Labute approximate surface area is 272 Å². The topological polar surface area (TPSA) is 79.7 Å². The van der Waals surface area contributed by atoms with Crippen molar-refractivity contribution in [2.75, 3.05) is 26.7 Å². The van der Waals surface area contributed by atoms with E-state index >= 15 is 0 Å². The van der Waals surface area contributed by atoms with Crippen molar-refractivity contribution in [3.8, 4) is 0 Å². The number of para-hydroxylation sites is 2. The van der Waals surface area contributed by atoms with Crippen LogP contribution >= 0.6 is 34.8 Å². The van der Waals surface area contributed by atoms with Gasteiger partial charge in [-0.25, -0.2) is 4.79 Å². The number of nitrogens with zero attached hydrogens (tertiary/aromatic N) is 3. The highest BCUT2D eigenvalue weighted by Gasteiger charge is 2.28. The van der Waals surface area contributed by atoms with Gasteiger partial charge >= 0.3 is 5.69 Å². The molecular formula is C34H37Cl3N4O3. The molecule has 4 aromatic rings. The number of likely N-dealkylation sites (tertiary alicyclic amines) is 1. The highest BCUT2D eigenvalue weighted by Crippen LogP contribution is 2.33. The van der Waals surface area contributed by atoms with Crippen molar-refractivity contribution in [2.45, 2.75) is 51.5 Å². The molecule has 3 aromatic carbocycles. The summed E-state index contributed by atoms with van der Waals surface area (Å²) in [5.41, 5.74) is 5.02. The second-order valence-corrected chi connectivity index (χ2v) is 12.9. The number of carbonyl (C=O) groups is 1. The maximum absolute atomic E-state index is 13.5. The molecule has 7 nitrogen and oxygen atoms in total. The zero-order valence-corrected chi connectivity index (χ0v) is 27.4. The SMILES string of the molecule is CO/N=C(/CC(C)C(=O)c1cc(C)cc(Cl)c1)C(CCN1CCC(n2c(=O)[nH]c3ccccc32)CC1)c1ccc(Cl)c(Cl)c1. The minimum atomic E-state index is -0.350. The number of carbonyl (C=O) groups excluding carboxylic acids is 1. The number of oxime groups is 1. The Morgan fingerprint density at radius 3 is 2.50 bits per heavy atom. The summed E-state index contributed by atoms with van der Waals surface area (Å²) < 4.78 is 1.91. The lowest BCUT2D eigenvalue weighted by molar-refractivity contribution is 0.0931. The second-order valence-electron chi connectivity index (χ2n) is 11.7. The first-order valence-corrected chi connectivity index (χ1v) is 16.1. The molecule has 0 amide bonds. The van der Waals surface area contributed by atoms with Crippen molar-refractivity contribution in [3.05, 3.63) is 103 Å². The first-order valence-electron chi connectivity index (χ1n) is 14.9. The normalized spacial score (nSPS) is 16.3. The van der Waals surface area contributed by atoms with Crippen LogP contribution in [-0.4, -0.2) is 52.7 Å². The van der Waals surface area contributed by atoms with Crippen LogP contribution in [0.1, 0.15) is 66.1 Å². The van der Waals surface area contributed by atoms with Gasteiger partial charge in [0.1, 0.15) is 7.11 Å². The van der Waals surface area contributed by atoms with E-state index in [9.17, 15) is 9.59 Å². The van der Waals surface area contributed by atoms with Gasteiger partial charge in [0.2, 0.25) is 0 Å². The number of hydrogen-bond donors (Lipinski definition) is 1. The Morgan fingerprint density at radius 1 is 1.05 bits per heavy atom. The summed E-state index contributed by atoms with van der Waals surface area (Å²) in [7, 11) is 1.52. The van der Waals surface area contributed by atoms with Crippen molar-refractivity contribution < 1.29 is 9.63 Å². The van der Waals surface area contributed by atoms with Crippen molar-refractivity contribution in [1.82, 2.24) is 14.5 Å². The number of hydrogen-bond acceptors (Lipinski definition) is 5. The largest absolute Gasteiger partial charge is 0.399 e. The van der Waals surface area contributed by atoms with E-state index in [1.807, 2.05) is 66.9 Å². The van der Waals surface area contributed by atoms with Gasteiger partial charge in [-0.05, 0) is 92.7 Å². The molecule has 0 aliphatic carbocycles. The minimum Gasteiger partial charge on any atom is -0.399 e. The number of rotatable bonds is 11. The highest BCUT2D eigenvalue weighted by molar-refractivity contribution is 6.42. The van der Waals surface area contributed by atoms with Gasteiger partial charge in [-0.2, -0.15) is 0 Å². The van der Waals surface area contributed by atoms with E-state index in [-0.39, 0.29) is 29.4 Å². The van der Waals surface area contributed by atoms with E-state index in [0.717, 1.165) is 66.8 Å². The van der Waals surface area contributed by atoms with Crippen molar-refractivity contribution in [1.29, 1.82) is 0 Å². The lowest BCUT2D eigenvalue weighted by Gasteiger charge is -2.33. The number of imidazole rings is 1. The lowest BCUT2D eigenvalue weighted by Crippen LogP contribution is -2.38. The molecule has 1 aliphatic rings. The summed E-state index contributed by atoms with van der Waals surface area (Å²) in [4.78, 5) is 37.0. The summed E-state index contributed by atoms with van der Waals surface area (Å²) in [6.45, 7) is 6.37. The zero-order chi connectivity index (χ0) is 31.4. The van der Waals surface area contributed by atoms with E-state index in [0.29, 0.717) is 27.1 Å². The number of H-pyrrole nitrogens is 1. The van der Waals surface area contributed by atoms with E-state index in [2.05, 4.69) is 15.0 Å². The van der Waals surface area contributed by atoms with Gasteiger partial charge in [0.25, 0.3) is 0 Å². The fraction of sp³-hybridized carbons (Fsp3) is 0.382. The van der Waals surface area contributed by atoms with Gasteiger partial charge in [0, 0.05) is 41.6 Å².